The Hall–Kier alpha value is -0.570. The van der Waals surface area contributed by atoms with Crippen LogP contribution in [-0.2, 0) is 6.42 Å². The average Bonchev–Trinajstić information content (AvgIpc) is 2.29. The molecule has 0 aliphatic heterocycles. The number of hydrogen-bond donors (Lipinski definition) is 0. The summed E-state index contributed by atoms with van der Waals surface area (Å²) in [5.41, 5.74) is 1.37. The van der Waals surface area contributed by atoms with Crippen LogP contribution in [0.1, 0.15) is 18.9 Å². The number of halogens is 4. The van der Waals surface area contributed by atoms with Crippen molar-refractivity contribution in [2.24, 2.45) is 0 Å². The van der Waals surface area contributed by atoms with Gasteiger partial charge in [-0.3, -0.25) is 0 Å². The number of hydrogen-bond acceptors (Lipinski definition) is 1. The van der Waals surface area contributed by atoms with Gasteiger partial charge in [0.1, 0.15) is 5.15 Å². The van der Waals surface area contributed by atoms with Crippen LogP contribution in [0.2, 0.25) is 15.2 Å². The van der Waals surface area contributed by atoms with Gasteiger partial charge in [-0.05, 0) is 24.1 Å². The van der Waals surface area contributed by atoms with Crippen molar-refractivity contribution in [3.8, 4) is 0 Å². The molecule has 0 amide bonds. The molecule has 0 radical (unpaired) electrons. The maximum Gasteiger partial charge on any atom is 0.161 e. The Bertz CT molecular complexity index is 584. The van der Waals surface area contributed by atoms with Crippen molar-refractivity contribution < 1.29 is 4.39 Å². The van der Waals surface area contributed by atoms with Gasteiger partial charge in [-0.1, -0.05) is 48.1 Å². The van der Waals surface area contributed by atoms with Crippen molar-refractivity contribution >= 4 is 45.7 Å². The third kappa shape index (κ3) is 2.35. The van der Waals surface area contributed by atoms with E-state index in [2.05, 4.69) is 4.98 Å². The summed E-state index contributed by atoms with van der Waals surface area (Å²) < 4.78 is 13.6. The molecule has 1 nitrogen and oxygen atoms in total. The van der Waals surface area contributed by atoms with E-state index in [1.807, 2.05) is 6.92 Å². The summed E-state index contributed by atoms with van der Waals surface area (Å²) in [6.07, 6.45) is 1.71. The Balaban J connectivity index is 2.75. The Morgan fingerprint density at radius 3 is 2.59 bits per heavy atom. The van der Waals surface area contributed by atoms with E-state index in [9.17, 15) is 4.39 Å². The second kappa shape index (κ2) is 4.97. The molecule has 17 heavy (non-hydrogen) atoms. The van der Waals surface area contributed by atoms with Gasteiger partial charge in [0.2, 0.25) is 0 Å². The fraction of sp³-hybridized carbons (Fsp3) is 0.250. The van der Waals surface area contributed by atoms with Gasteiger partial charge in [-0.25, -0.2) is 9.37 Å². The second-order valence-electron chi connectivity index (χ2n) is 3.74. The molecule has 0 saturated carbocycles. The molecule has 0 saturated heterocycles. The highest BCUT2D eigenvalue weighted by atomic mass is 35.5. The molecule has 1 aromatic carbocycles. The van der Waals surface area contributed by atoms with Crippen molar-refractivity contribution in [3.63, 3.8) is 0 Å². The fourth-order valence-corrected chi connectivity index (χ4v) is 2.42. The maximum absolute atomic E-state index is 13.6. The molecule has 0 N–H and O–H groups in total. The van der Waals surface area contributed by atoms with Gasteiger partial charge in [0.25, 0.3) is 0 Å². The molecule has 2 aromatic rings. The number of aromatic nitrogens is 1. The van der Waals surface area contributed by atoms with Crippen LogP contribution in [0, 0.1) is 5.82 Å². The molecule has 90 valence electrons. The van der Waals surface area contributed by atoms with Crippen LogP contribution >= 0.6 is 34.8 Å². The highest BCUT2D eigenvalue weighted by molar-refractivity contribution is 6.39. The summed E-state index contributed by atoms with van der Waals surface area (Å²) in [5, 5.41) is 0.905. The zero-order chi connectivity index (χ0) is 12.6. The van der Waals surface area contributed by atoms with Gasteiger partial charge in [0, 0.05) is 5.39 Å². The molecule has 0 fully saturated rings. The molecule has 2 rings (SSSR count). The van der Waals surface area contributed by atoms with Gasteiger partial charge < -0.3 is 0 Å². The summed E-state index contributed by atoms with van der Waals surface area (Å²) in [7, 11) is 0. The van der Waals surface area contributed by atoms with Crippen molar-refractivity contribution in [2.75, 3.05) is 0 Å². The summed E-state index contributed by atoms with van der Waals surface area (Å²) in [6.45, 7) is 2.03. The summed E-state index contributed by atoms with van der Waals surface area (Å²) in [4.78, 5) is 4.19. The first kappa shape index (κ1) is 12.9. The maximum atomic E-state index is 13.6. The number of benzene rings is 1. The van der Waals surface area contributed by atoms with E-state index in [1.165, 1.54) is 6.07 Å². The first-order chi connectivity index (χ1) is 8.04. The minimum atomic E-state index is -0.618. The average molecular weight is 293 g/mol. The molecule has 0 aliphatic rings. The Labute approximate surface area is 114 Å². The van der Waals surface area contributed by atoms with Gasteiger partial charge in [0.15, 0.2) is 5.82 Å². The Morgan fingerprint density at radius 1 is 1.24 bits per heavy atom. The van der Waals surface area contributed by atoms with E-state index in [-0.39, 0.29) is 10.0 Å². The lowest BCUT2D eigenvalue weighted by Gasteiger charge is -2.07. The van der Waals surface area contributed by atoms with Crippen molar-refractivity contribution in [1.82, 2.24) is 4.98 Å². The molecule has 0 aliphatic carbocycles. The van der Waals surface area contributed by atoms with E-state index in [1.54, 1.807) is 6.07 Å². The molecule has 0 spiro atoms. The molecular weight excluding hydrogens is 283 g/mol. The standard InChI is InChI=1S/C12H9Cl3FN/c1-2-3-6-4-7-9(17-12(6)15)5-8(13)11(16)10(7)14/h4-5H,2-3H2,1H3. The number of nitrogens with zero attached hydrogens (tertiary/aromatic N) is 1. The molecule has 0 unspecified atom stereocenters. The largest absolute Gasteiger partial charge is 0.236 e. The fourth-order valence-electron chi connectivity index (χ4n) is 1.68. The number of aryl methyl sites for hydroxylation is 1. The molecule has 1 aromatic heterocycles. The number of rotatable bonds is 2. The van der Waals surface area contributed by atoms with Crippen LogP contribution in [-0.4, -0.2) is 4.98 Å². The topological polar surface area (TPSA) is 12.9 Å². The zero-order valence-electron chi connectivity index (χ0n) is 9.03. The highest BCUT2D eigenvalue weighted by Crippen LogP contribution is 2.33. The van der Waals surface area contributed by atoms with E-state index in [0.29, 0.717) is 16.1 Å². The lowest BCUT2D eigenvalue weighted by molar-refractivity contribution is 0.630. The third-order valence-electron chi connectivity index (χ3n) is 2.50. The van der Waals surface area contributed by atoms with E-state index in [0.717, 1.165) is 18.4 Å². The van der Waals surface area contributed by atoms with E-state index < -0.39 is 5.82 Å². The zero-order valence-corrected chi connectivity index (χ0v) is 11.3. The van der Waals surface area contributed by atoms with Gasteiger partial charge in [0.05, 0.1) is 15.6 Å². The molecule has 0 atom stereocenters. The van der Waals surface area contributed by atoms with Gasteiger partial charge in [-0.2, -0.15) is 0 Å². The molecule has 5 heteroatoms. The smallest absolute Gasteiger partial charge is 0.161 e. The van der Waals surface area contributed by atoms with Crippen molar-refractivity contribution in [3.05, 3.63) is 38.7 Å². The van der Waals surface area contributed by atoms with Crippen LogP contribution in [0.5, 0.6) is 0 Å². The van der Waals surface area contributed by atoms with Gasteiger partial charge >= 0.3 is 0 Å². The molecule has 1 heterocycles. The minimum Gasteiger partial charge on any atom is -0.236 e. The van der Waals surface area contributed by atoms with Crippen LogP contribution in [0.3, 0.4) is 0 Å². The Morgan fingerprint density at radius 2 is 1.94 bits per heavy atom. The minimum absolute atomic E-state index is 0.00554. The lowest BCUT2D eigenvalue weighted by Crippen LogP contribution is -1.92. The first-order valence-corrected chi connectivity index (χ1v) is 6.30. The molecular formula is C12H9Cl3FN. The number of pyridine rings is 1. The van der Waals surface area contributed by atoms with Crippen LogP contribution in [0.15, 0.2) is 12.1 Å². The summed E-state index contributed by atoms with van der Waals surface area (Å²) in [5.74, 6) is -0.618. The predicted octanol–water partition coefficient (Wildman–Crippen LogP) is 5.29. The highest BCUT2D eigenvalue weighted by Gasteiger charge is 2.13. The van der Waals surface area contributed by atoms with E-state index in [4.69, 9.17) is 34.8 Å². The SMILES string of the molecule is CCCc1cc2c(Cl)c(F)c(Cl)cc2nc1Cl. The van der Waals surface area contributed by atoms with Crippen molar-refractivity contribution in [2.45, 2.75) is 19.8 Å². The quantitative estimate of drug-likeness (QED) is 0.541. The van der Waals surface area contributed by atoms with E-state index >= 15 is 0 Å². The first-order valence-electron chi connectivity index (χ1n) is 5.17. The van der Waals surface area contributed by atoms with Crippen LogP contribution < -0.4 is 0 Å². The summed E-state index contributed by atoms with van der Waals surface area (Å²) >= 11 is 17.7. The van der Waals surface area contributed by atoms with Crippen molar-refractivity contribution in [1.29, 1.82) is 0 Å². The predicted molar refractivity (Wildman–Crippen MR) is 70.7 cm³/mol. The number of fused-ring (bicyclic) bond motifs is 1. The monoisotopic (exact) mass is 291 g/mol. The van der Waals surface area contributed by atoms with Crippen LogP contribution in [0.4, 0.5) is 4.39 Å². The normalized spacial score (nSPS) is 11.1. The van der Waals surface area contributed by atoms with Crippen LogP contribution in [0.25, 0.3) is 10.9 Å². The second-order valence-corrected chi connectivity index (χ2v) is 4.88. The molecule has 0 bridgehead atoms. The summed E-state index contributed by atoms with van der Waals surface area (Å²) in [6, 6.07) is 3.20. The Kier molecular flexibility index (Phi) is 3.76. The van der Waals surface area contributed by atoms with Gasteiger partial charge in [-0.15, -0.1) is 0 Å². The third-order valence-corrected chi connectivity index (χ3v) is 3.47. The lowest BCUT2D eigenvalue weighted by atomic mass is 10.1.